The first kappa shape index (κ1) is 13.7. The molecule has 0 amide bonds. The fraction of sp³-hybridized carbons (Fsp3) is 0.0625. The molecular formula is C16H13N2O2P. The van der Waals surface area contributed by atoms with Gasteiger partial charge in [0.2, 0.25) is 0 Å². The number of nitrogens with zero attached hydrogens (tertiary/aromatic N) is 2. The molecule has 0 aliphatic carbocycles. The number of hydrogen-bond acceptors (Lipinski definition) is 3. The zero-order valence-electron chi connectivity index (χ0n) is 11.4. The Kier molecular flexibility index (Phi) is 3.40. The summed E-state index contributed by atoms with van der Waals surface area (Å²) in [6.07, 6.45) is 0. The highest BCUT2D eigenvalue weighted by Gasteiger charge is 2.16. The first-order valence-electron chi connectivity index (χ1n) is 6.47. The fourth-order valence-corrected chi connectivity index (χ4v) is 2.47. The van der Waals surface area contributed by atoms with Gasteiger partial charge in [0, 0.05) is 11.1 Å². The molecule has 0 aliphatic heterocycles. The summed E-state index contributed by atoms with van der Waals surface area (Å²) in [5.74, 6) is 0.413. The molecule has 0 aliphatic rings. The summed E-state index contributed by atoms with van der Waals surface area (Å²) >= 11 is 0. The van der Waals surface area contributed by atoms with E-state index in [4.69, 9.17) is 0 Å². The van der Waals surface area contributed by atoms with E-state index in [1.807, 2.05) is 6.07 Å². The minimum Gasteiger partial charge on any atom is -0.289 e. The van der Waals surface area contributed by atoms with Crippen molar-refractivity contribution in [3.8, 4) is 0 Å². The molecule has 21 heavy (non-hydrogen) atoms. The third-order valence-corrected chi connectivity index (χ3v) is 3.99. The van der Waals surface area contributed by atoms with Crippen LogP contribution in [0.5, 0.6) is 0 Å². The van der Waals surface area contributed by atoms with Crippen molar-refractivity contribution >= 4 is 26.1 Å². The zero-order chi connectivity index (χ0) is 15.0. The van der Waals surface area contributed by atoms with Crippen molar-refractivity contribution in [1.29, 1.82) is 0 Å². The van der Waals surface area contributed by atoms with Gasteiger partial charge < -0.3 is 0 Å². The minimum atomic E-state index is -0.234. The number of fused-ring (bicyclic) bond motifs is 1. The van der Waals surface area contributed by atoms with Crippen molar-refractivity contribution in [3.05, 3.63) is 75.8 Å². The molecule has 104 valence electrons. The molecule has 2 aromatic carbocycles. The molecule has 1 atom stereocenters. The SMILES string of the molecule is Cc1nc2cccc(C(=O)c3ccccc3)c2c(=O)n1P. The van der Waals surface area contributed by atoms with Gasteiger partial charge in [-0.05, 0) is 22.4 Å². The average molecular weight is 296 g/mol. The van der Waals surface area contributed by atoms with Crippen LogP contribution in [-0.4, -0.2) is 15.1 Å². The summed E-state index contributed by atoms with van der Waals surface area (Å²) in [4.78, 5) is 29.4. The van der Waals surface area contributed by atoms with Crippen molar-refractivity contribution in [3.63, 3.8) is 0 Å². The van der Waals surface area contributed by atoms with Gasteiger partial charge in [-0.2, -0.15) is 0 Å². The van der Waals surface area contributed by atoms with Crippen LogP contribution in [-0.2, 0) is 0 Å². The van der Waals surface area contributed by atoms with Crippen LogP contribution in [0, 0.1) is 6.92 Å². The second-order valence-electron chi connectivity index (χ2n) is 4.73. The molecule has 0 fully saturated rings. The van der Waals surface area contributed by atoms with Crippen LogP contribution in [0.4, 0.5) is 0 Å². The minimum absolute atomic E-state index is 0.172. The molecule has 0 saturated heterocycles. The van der Waals surface area contributed by atoms with Gasteiger partial charge in [0.1, 0.15) is 5.82 Å². The Morgan fingerprint density at radius 3 is 2.52 bits per heavy atom. The molecule has 0 bridgehead atoms. The zero-order valence-corrected chi connectivity index (χ0v) is 12.6. The van der Waals surface area contributed by atoms with E-state index in [-0.39, 0.29) is 11.3 Å². The van der Waals surface area contributed by atoms with Gasteiger partial charge in [0.05, 0.1) is 10.9 Å². The predicted molar refractivity (Wildman–Crippen MR) is 85.7 cm³/mol. The molecular weight excluding hydrogens is 283 g/mol. The monoisotopic (exact) mass is 296 g/mol. The molecule has 0 radical (unpaired) electrons. The third kappa shape index (κ3) is 2.28. The van der Waals surface area contributed by atoms with Gasteiger partial charge in [-0.15, -0.1) is 0 Å². The van der Waals surface area contributed by atoms with E-state index in [9.17, 15) is 9.59 Å². The lowest BCUT2D eigenvalue weighted by Gasteiger charge is -2.08. The molecule has 3 rings (SSSR count). The highest BCUT2D eigenvalue weighted by Crippen LogP contribution is 2.18. The lowest BCUT2D eigenvalue weighted by molar-refractivity contribution is 0.104. The quantitative estimate of drug-likeness (QED) is 0.539. The van der Waals surface area contributed by atoms with Crippen molar-refractivity contribution in [2.24, 2.45) is 0 Å². The van der Waals surface area contributed by atoms with Crippen molar-refractivity contribution in [1.82, 2.24) is 9.32 Å². The van der Waals surface area contributed by atoms with Crippen LogP contribution >= 0.6 is 9.39 Å². The lowest BCUT2D eigenvalue weighted by Crippen LogP contribution is -2.19. The number of rotatable bonds is 2. The second-order valence-corrected chi connectivity index (χ2v) is 5.25. The molecule has 1 heterocycles. The Hall–Kier alpha value is -2.32. The van der Waals surface area contributed by atoms with Crippen LogP contribution in [0.15, 0.2) is 53.3 Å². The Bertz CT molecular complexity index is 901. The third-order valence-electron chi connectivity index (χ3n) is 3.39. The van der Waals surface area contributed by atoms with Gasteiger partial charge in [-0.1, -0.05) is 42.5 Å². The Morgan fingerprint density at radius 1 is 1.10 bits per heavy atom. The number of benzene rings is 2. The summed E-state index contributed by atoms with van der Waals surface area (Å²) < 4.78 is 1.38. The molecule has 0 N–H and O–H groups in total. The van der Waals surface area contributed by atoms with Gasteiger partial charge in [-0.25, -0.2) is 4.98 Å². The number of ketones is 1. The Morgan fingerprint density at radius 2 is 1.81 bits per heavy atom. The van der Waals surface area contributed by atoms with E-state index < -0.39 is 0 Å². The second kappa shape index (κ2) is 5.23. The summed E-state index contributed by atoms with van der Waals surface area (Å²) in [5.41, 5.74) is 1.24. The largest absolute Gasteiger partial charge is 0.289 e. The maximum Gasteiger partial charge on any atom is 0.265 e. The molecule has 4 nitrogen and oxygen atoms in total. The normalized spacial score (nSPS) is 10.8. The summed E-state index contributed by atoms with van der Waals surface area (Å²) in [7, 11) is 2.33. The summed E-state index contributed by atoms with van der Waals surface area (Å²) in [6.45, 7) is 1.75. The maximum absolute atomic E-state index is 12.6. The van der Waals surface area contributed by atoms with Crippen LogP contribution in [0.25, 0.3) is 10.9 Å². The highest BCUT2D eigenvalue weighted by molar-refractivity contribution is 7.14. The van der Waals surface area contributed by atoms with Crippen molar-refractivity contribution < 1.29 is 4.79 Å². The number of aromatic nitrogens is 2. The highest BCUT2D eigenvalue weighted by atomic mass is 31.0. The standard InChI is InChI=1S/C16H13N2O2P/c1-10-17-13-9-5-8-12(14(13)16(20)18(10)21)15(19)11-6-3-2-4-7-11/h2-9H,21H2,1H3. The first-order chi connectivity index (χ1) is 10.1. The molecule has 0 spiro atoms. The average Bonchev–Trinajstić information content (AvgIpc) is 2.52. The topological polar surface area (TPSA) is 52.0 Å². The number of carbonyl (C=O) groups excluding carboxylic acids is 1. The Balaban J connectivity index is 2.32. The van der Waals surface area contributed by atoms with E-state index in [0.717, 1.165) is 0 Å². The molecule has 1 aromatic heterocycles. The Labute approximate surface area is 123 Å². The first-order valence-corrected chi connectivity index (χ1v) is 6.98. The lowest BCUT2D eigenvalue weighted by atomic mass is 10.00. The maximum atomic E-state index is 12.6. The van der Waals surface area contributed by atoms with Crippen LogP contribution in [0.1, 0.15) is 21.7 Å². The number of carbonyl (C=O) groups is 1. The van der Waals surface area contributed by atoms with Crippen molar-refractivity contribution in [2.75, 3.05) is 0 Å². The van der Waals surface area contributed by atoms with E-state index in [0.29, 0.717) is 27.9 Å². The molecule has 5 heteroatoms. The van der Waals surface area contributed by atoms with E-state index in [2.05, 4.69) is 14.4 Å². The molecule has 0 saturated carbocycles. The van der Waals surface area contributed by atoms with Gasteiger partial charge in [0.15, 0.2) is 5.78 Å². The van der Waals surface area contributed by atoms with Gasteiger partial charge in [-0.3, -0.25) is 13.9 Å². The van der Waals surface area contributed by atoms with Gasteiger partial charge in [0.25, 0.3) is 5.56 Å². The smallest absolute Gasteiger partial charge is 0.265 e. The fourth-order valence-electron chi connectivity index (χ4n) is 2.29. The number of hydrogen-bond donors (Lipinski definition) is 0. The summed E-state index contributed by atoms with van der Waals surface area (Å²) in [6, 6.07) is 14.1. The molecule has 1 unspecified atom stereocenters. The van der Waals surface area contributed by atoms with E-state index in [1.54, 1.807) is 49.4 Å². The predicted octanol–water partition coefficient (Wildman–Crippen LogP) is 2.57. The van der Waals surface area contributed by atoms with Crippen LogP contribution < -0.4 is 5.56 Å². The van der Waals surface area contributed by atoms with Crippen LogP contribution in [0.2, 0.25) is 0 Å². The van der Waals surface area contributed by atoms with E-state index >= 15 is 0 Å². The van der Waals surface area contributed by atoms with Gasteiger partial charge >= 0.3 is 0 Å². The summed E-state index contributed by atoms with van der Waals surface area (Å²) in [5, 5.41) is 0.354. The number of aryl methyl sites for hydroxylation is 1. The van der Waals surface area contributed by atoms with E-state index in [1.165, 1.54) is 4.34 Å². The molecule has 3 aromatic rings. The van der Waals surface area contributed by atoms with Crippen molar-refractivity contribution in [2.45, 2.75) is 6.92 Å². The van der Waals surface area contributed by atoms with Crippen LogP contribution in [0.3, 0.4) is 0 Å².